The minimum atomic E-state index is -0.161. The summed E-state index contributed by atoms with van der Waals surface area (Å²) in [6, 6.07) is 7.73. The van der Waals surface area contributed by atoms with E-state index in [9.17, 15) is 14.4 Å². The molecule has 2 aromatic rings. The summed E-state index contributed by atoms with van der Waals surface area (Å²) in [7, 11) is 0. The number of thiophene rings is 1. The Morgan fingerprint density at radius 3 is 2.76 bits per heavy atom. The van der Waals surface area contributed by atoms with Crippen LogP contribution in [0.2, 0.25) is 0 Å². The molecule has 4 rings (SSSR count). The Kier molecular flexibility index (Phi) is 5.67. The third-order valence-electron chi connectivity index (χ3n) is 5.59. The van der Waals surface area contributed by atoms with Crippen LogP contribution in [0.1, 0.15) is 42.2 Å². The Hall–Kier alpha value is -2.67. The van der Waals surface area contributed by atoms with Crippen molar-refractivity contribution in [2.24, 2.45) is 0 Å². The predicted molar refractivity (Wildman–Crippen MR) is 114 cm³/mol. The van der Waals surface area contributed by atoms with Crippen LogP contribution >= 0.6 is 11.3 Å². The Balaban J connectivity index is 1.31. The molecule has 1 aromatic carbocycles. The number of nitrogens with zero attached hydrogens (tertiary/aromatic N) is 2. The molecule has 0 fully saturated rings. The summed E-state index contributed by atoms with van der Waals surface area (Å²) in [6.07, 6.45) is 3.09. The van der Waals surface area contributed by atoms with Crippen LogP contribution in [0.4, 0.5) is 11.4 Å². The number of benzene rings is 1. The van der Waals surface area contributed by atoms with E-state index in [1.54, 1.807) is 23.2 Å². The number of aryl methyl sites for hydroxylation is 1. The van der Waals surface area contributed by atoms with Gasteiger partial charge in [-0.1, -0.05) is 0 Å². The average Bonchev–Trinajstić information content (AvgIpc) is 3.19. The first-order valence-corrected chi connectivity index (χ1v) is 10.9. The number of nitrogens with one attached hydrogen (secondary N) is 1. The quantitative estimate of drug-likeness (QED) is 0.839. The number of hydrogen-bond acceptors (Lipinski definition) is 4. The summed E-state index contributed by atoms with van der Waals surface area (Å²) in [6.45, 7) is 3.69. The van der Waals surface area contributed by atoms with Gasteiger partial charge in [0, 0.05) is 55.7 Å². The molecule has 0 unspecified atom stereocenters. The zero-order valence-corrected chi connectivity index (χ0v) is 17.4. The molecular weight excluding hydrogens is 386 g/mol. The van der Waals surface area contributed by atoms with E-state index in [2.05, 4.69) is 16.8 Å². The van der Waals surface area contributed by atoms with E-state index in [1.165, 1.54) is 10.4 Å². The monoisotopic (exact) mass is 411 g/mol. The van der Waals surface area contributed by atoms with E-state index in [0.717, 1.165) is 43.6 Å². The maximum atomic E-state index is 12.5. The van der Waals surface area contributed by atoms with Crippen molar-refractivity contribution >= 4 is 40.4 Å². The second-order valence-corrected chi connectivity index (χ2v) is 8.60. The van der Waals surface area contributed by atoms with E-state index in [1.807, 2.05) is 23.1 Å². The molecule has 0 atom stereocenters. The van der Waals surface area contributed by atoms with Gasteiger partial charge in [-0.2, -0.15) is 0 Å². The lowest BCUT2D eigenvalue weighted by molar-refractivity contribution is -0.133. The molecule has 1 aromatic heterocycles. The van der Waals surface area contributed by atoms with E-state index >= 15 is 0 Å². The fraction of sp³-hybridized carbons (Fsp3) is 0.409. The van der Waals surface area contributed by atoms with Crippen molar-refractivity contribution in [2.75, 3.05) is 23.3 Å². The van der Waals surface area contributed by atoms with Crippen molar-refractivity contribution in [3.05, 3.63) is 45.6 Å². The van der Waals surface area contributed by atoms with E-state index < -0.39 is 0 Å². The van der Waals surface area contributed by atoms with Gasteiger partial charge in [0.05, 0.1) is 0 Å². The highest BCUT2D eigenvalue weighted by molar-refractivity contribution is 7.10. The molecule has 2 aliphatic heterocycles. The van der Waals surface area contributed by atoms with Gasteiger partial charge in [-0.3, -0.25) is 14.4 Å². The third kappa shape index (κ3) is 4.34. The number of anilines is 2. The number of amides is 3. The molecule has 0 spiro atoms. The smallest absolute Gasteiger partial charge is 0.224 e. The van der Waals surface area contributed by atoms with Crippen LogP contribution in [-0.2, 0) is 33.8 Å². The molecule has 0 bridgehead atoms. The topological polar surface area (TPSA) is 69.7 Å². The fourth-order valence-electron chi connectivity index (χ4n) is 4.07. The summed E-state index contributed by atoms with van der Waals surface area (Å²) in [4.78, 5) is 41.6. The first-order chi connectivity index (χ1) is 14.0. The number of carbonyl (C=O) groups excluding carboxylic acids is 3. The molecule has 29 heavy (non-hydrogen) atoms. The van der Waals surface area contributed by atoms with Gasteiger partial charge in [0.2, 0.25) is 17.7 Å². The Labute approximate surface area is 174 Å². The van der Waals surface area contributed by atoms with Gasteiger partial charge in [-0.05, 0) is 60.0 Å². The Bertz CT molecular complexity index is 953. The summed E-state index contributed by atoms with van der Waals surface area (Å²) in [5.74, 6) is -0.0983. The van der Waals surface area contributed by atoms with Crippen molar-refractivity contribution in [1.82, 2.24) is 4.90 Å². The molecular formula is C22H25N3O3S. The Morgan fingerprint density at radius 2 is 1.93 bits per heavy atom. The minimum absolute atomic E-state index is 0.0274. The number of hydrogen-bond donors (Lipinski definition) is 1. The summed E-state index contributed by atoms with van der Waals surface area (Å²) < 4.78 is 0. The maximum Gasteiger partial charge on any atom is 0.224 e. The van der Waals surface area contributed by atoms with Crippen LogP contribution in [0.5, 0.6) is 0 Å². The summed E-state index contributed by atoms with van der Waals surface area (Å²) >= 11 is 1.75. The number of rotatable bonds is 4. The van der Waals surface area contributed by atoms with Gasteiger partial charge < -0.3 is 15.1 Å². The molecule has 7 heteroatoms. The van der Waals surface area contributed by atoms with Crippen molar-refractivity contribution in [2.45, 2.75) is 45.6 Å². The third-order valence-corrected chi connectivity index (χ3v) is 6.61. The van der Waals surface area contributed by atoms with Gasteiger partial charge in [0.25, 0.3) is 0 Å². The average molecular weight is 412 g/mol. The molecule has 1 N–H and O–H groups in total. The normalized spacial score (nSPS) is 15.5. The van der Waals surface area contributed by atoms with E-state index in [0.29, 0.717) is 12.2 Å². The highest BCUT2D eigenvalue weighted by Crippen LogP contribution is 2.30. The standard InChI is InChI=1S/C22H25N3O3S/c1-15(26)25-10-2-3-16-13-18(4-5-19(16)25)23-21(27)6-7-22(28)24-11-8-20-17(14-24)9-12-29-20/h4-5,9,12-13H,2-3,6-8,10-11,14H2,1H3,(H,23,27). The first-order valence-electron chi connectivity index (χ1n) is 10.0. The minimum Gasteiger partial charge on any atom is -0.338 e. The van der Waals surface area contributed by atoms with Gasteiger partial charge in [0.1, 0.15) is 0 Å². The van der Waals surface area contributed by atoms with Crippen LogP contribution in [0, 0.1) is 0 Å². The molecule has 0 aliphatic carbocycles. The largest absolute Gasteiger partial charge is 0.338 e. The van der Waals surface area contributed by atoms with Crippen LogP contribution in [0.15, 0.2) is 29.6 Å². The van der Waals surface area contributed by atoms with Gasteiger partial charge in [-0.25, -0.2) is 0 Å². The molecule has 0 saturated carbocycles. The molecule has 0 radical (unpaired) electrons. The number of carbonyl (C=O) groups is 3. The molecule has 3 amide bonds. The lowest BCUT2D eigenvalue weighted by atomic mass is 10.0. The molecule has 6 nitrogen and oxygen atoms in total. The number of fused-ring (bicyclic) bond motifs is 2. The molecule has 152 valence electrons. The second-order valence-electron chi connectivity index (χ2n) is 7.60. The highest BCUT2D eigenvalue weighted by atomic mass is 32.1. The van der Waals surface area contributed by atoms with E-state index in [4.69, 9.17) is 0 Å². The zero-order valence-electron chi connectivity index (χ0n) is 16.6. The first kappa shape index (κ1) is 19.6. The van der Waals surface area contributed by atoms with Crippen LogP contribution in [0.3, 0.4) is 0 Å². The molecule has 0 saturated heterocycles. The second kappa shape index (κ2) is 8.37. The Morgan fingerprint density at radius 1 is 1.07 bits per heavy atom. The zero-order chi connectivity index (χ0) is 20.4. The molecule has 2 aliphatic rings. The van der Waals surface area contributed by atoms with Crippen LogP contribution in [-0.4, -0.2) is 35.7 Å². The lowest BCUT2D eigenvalue weighted by Gasteiger charge is -2.29. The van der Waals surface area contributed by atoms with E-state index in [-0.39, 0.29) is 30.6 Å². The van der Waals surface area contributed by atoms with Crippen molar-refractivity contribution in [3.63, 3.8) is 0 Å². The van der Waals surface area contributed by atoms with Crippen molar-refractivity contribution in [3.8, 4) is 0 Å². The highest BCUT2D eigenvalue weighted by Gasteiger charge is 2.23. The lowest BCUT2D eigenvalue weighted by Crippen LogP contribution is -2.35. The summed E-state index contributed by atoms with van der Waals surface area (Å²) in [5.41, 5.74) is 3.94. The van der Waals surface area contributed by atoms with Crippen LogP contribution in [0.25, 0.3) is 0 Å². The summed E-state index contributed by atoms with van der Waals surface area (Å²) in [5, 5.41) is 4.96. The van der Waals surface area contributed by atoms with Gasteiger partial charge in [0.15, 0.2) is 0 Å². The predicted octanol–water partition coefficient (Wildman–Crippen LogP) is 3.35. The fourth-order valence-corrected chi connectivity index (χ4v) is 4.96. The van der Waals surface area contributed by atoms with Gasteiger partial charge in [-0.15, -0.1) is 11.3 Å². The van der Waals surface area contributed by atoms with Crippen molar-refractivity contribution in [1.29, 1.82) is 0 Å². The van der Waals surface area contributed by atoms with Crippen molar-refractivity contribution < 1.29 is 14.4 Å². The van der Waals surface area contributed by atoms with Crippen LogP contribution < -0.4 is 10.2 Å². The maximum absolute atomic E-state index is 12.5. The van der Waals surface area contributed by atoms with Gasteiger partial charge >= 0.3 is 0 Å². The SMILES string of the molecule is CC(=O)N1CCCc2cc(NC(=O)CCC(=O)N3CCc4sccc4C3)ccc21. The molecule has 3 heterocycles.